The lowest BCUT2D eigenvalue weighted by molar-refractivity contribution is -0.125. The van der Waals surface area contributed by atoms with E-state index >= 15 is 0 Å². The van der Waals surface area contributed by atoms with Crippen molar-refractivity contribution < 1.29 is 9.53 Å². The van der Waals surface area contributed by atoms with Crippen LogP contribution in [0.2, 0.25) is 0 Å². The van der Waals surface area contributed by atoms with Crippen LogP contribution in [0.4, 0.5) is 0 Å². The van der Waals surface area contributed by atoms with Gasteiger partial charge in [0.25, 0.3) is 0 Å². The molecule has 1 saturated heterocycles. The Balaban J connectivity index is 1.91. The Morgan fingerprint density at radius 2 is 2.31 bits per heavy atom. The maximum Gasteiger partial charge on any atom is 0.224 e. The highest BCUT2D eigenvalue weighted by Crippen LogP contribution is 2.34. The summed E-state index contributed by atoms with van der Waals surface area (Å²) in [5, 5.41) is 3.14. The van der Waals surface area contributed by atoms with E-state index in [0.29, 0.717) is 24.6 Å². The lowest BCUT2D eigenvalue weighted by Gasteiger charge is -2.33. The SMILES string of the molecule is CC(CN)C(=O)NC1CCCC2OCCC12. The quantitative estimate of drug-likeness (QED) is 0.743. The van der Waals surface area contributed by atoms with Gasteiger partial charge in [-0.3, -0.25) is 4.79 Å². The number of hydrogen-bond donors (Lipinski definition) is 2. The summed E-state index contributed by atoms with van der Waals surface area (Å²) in [5.74, 6) is 0.547. The molecule has 0 bridgehead atoms. The van der Waals surface area contributed by atoms with E-state index in [4.69, 9.17) is 10.5 Å². The number of rotatable bonds is 3. The van der Waals surface area contributed by atoms with Gasteiger partial charge in [0.2, 0.25) is 5.91 Å². The molecular formula is C12H22N2O2. The summed E-state index contributed by atoms with van der Waals surface area (Å²) in [5.41, 5.74) is 5.50. The minimum atomic E-state index is -0.0808. The summed E-state index contributed by atoms with van der Waals surface area (Å²) in [6.45, 7) is 3.15. The Kier molecular flexibility index (Phi) is 3.82. The predicted molar refractivity (Wildman–Crippen MR) is 61.8 cm³/mol. The summed E-state index contributed by atoms with van der Waals surface area (Å²) >= 11 is 0. The van der Waals surface area contributed by atoms with Gasteiger partial charge in [0.1, 0.15) is 0 Å². The molecule has 4 atom stereocenters. The molecule has 1 saturated carbocycles. The van der Waals surface area contributed by atoms with Gasteiger partial charge in [-0.15, -0.1) is 0 Å². The second kappa shape index (κ2) is 5.15. The highest BCUT2D eigenvalue weighted by molar-refractivity contribution is 5.78. The molecular weight excluding hydrogens is 204 g/mol. The second-order valence-electron chi connectivity index (χ2n) is 5.04. The third kappa shape index (κ3) is 2.38. The number of ether oxygens (including phenoxy) is 1. The summed E-state index contributed by atoms with van der Waals surface area (Å²) in [4.78, 5) is 11.8. The van der Waals surface area contributed by atoms with E-state index in [1.165, 1.54) is 0 Å². The van der Waals surface area contributed by atoms with Crippen LogP contribution in [-0.2, 0) is 9.53 Å². The van der Waals surface area contributed by atoms with E-state index in [1.807, 2.05) is 6.92 Å². The Morgan fingerprint density at radius 3 is 3.06 bits per heavy atom. The van der Waals surface area contributed by atoms with Crippen molar-refractivity contribution >= 4 is 5.91 Å². The molecule has 2 aliphatic rings. The molecule has 2 fully saturated rings. The number of hydrogen-bond acceptors (Lipinski definition) is 3. The zero-order valence-electron chi connectivity index (χ0n) is 9.95. The Labute approximate surface area is 96.9 Å². The smallest absolute Gasteiger partial charge is 0.224 e. The molecule has 1 aliphatic carbocycles. The zero-order valence-corrected chi connectivity index (χ0v) is 9.95. The third-order valence-corrected chi connectivity index (χ3v) is 3.91. The van der Waals surface area contributed by atoms with Gasteiger partial charge in [-0.25, -0.2) is 0 Å². The second-order valence-corrected chi connectivity index (χ2v) is 5.04. The maximum atomic E-state index is 11.8. The monoisotopic (exact) mass is 226 g/mol. The van der Waals surface area contributed by atoms with Crippen LogP contribution < -0.4 is 11.1 Å². The van der Waals surface area contributed by atoms with E-state index in [2.05, 4.69) is 5.32 Å². The molecule has 0 radical (unpaired) electrons. The molecule has 1 amide bonds. The summed E-state index contributed by atoms with van der Waals surface area (Å²) in [7, 11) is 0. The van der Waals surface area contributed by atoms with Crippen molar-refractivity contribution in [3.8, 4) is 0 Å². The van der Waals surface area contributed by atoms with E-state index in [0.717, 1.165) is 32.3 Å². The van der Waals surface area contributed by atoms with Crippen molar-refractivity contribution in [3.63, 3.8) is 0 Å². The fraction of sp³-hybridized carbons (Fsp3) is 0.917. The molecule has 4 heteroatoms. The van der Waals surface area contributed by atoms with Crippen LogP contribution in [0.1, 0.15) is 32.6 Å². The summed E-state index contributed by atoms with van der Waals surface area (Å²) in [6, 6.07) is 0.308. The van der Waals surface area contributed by atoms with Crippen molar-refractivity contribution in [2.24, 2.45) is 17.6 Å². The van der Waals surface area contributed by atoms with Gasteiger partial charge in [-0.05, 0) is 25.7 Å². The first kappa shape index (κ1) is 11.9. The maximum absolute atomic E-state index is 11.8. The van der Waals surface area contributed by atoms with Crippen molar-refractivity contribution in [2.75, 3.05) is 13.2 Å². The minimum absolute atomic E-state index is 0.0808. The first-order chi connectivity index (χ1) is 7.72. The Morgan fingerprint density at radius 1 is 1.50 bits per heavy atom. The standard InChI is InChI=1S/C12H22N2O2/c1-8(7-13)12(15)14-10-3-2-4-11-9(10)5-6-16-11/h8-11H,2-7,13H2,1H3,(H,14,15). The van der Waals surface area contributed by atoms with Crippen molar-refractivity contribution in [3.05, 3.63) is 0 Å². The number of carbonyl (C=O) groups excluding carboxylic acids is 1. The Hall–Kier alpha value is -0.610. The van der Waals surface area contributed by atoms with Crippen LogP contribution in [0.3, 0.4) is 0 Å². The van der Waals surface area contributed by atoms with Gasteiger partial charge < -0.3 is 15.8 Å². The predicted octanol–water partition coefficient (Wildman–Crippen LogP) is 0.655. The minimum Gasteiger partial charge on any atom is -0.378 e. The molecule has 0 aromatic carbocycles. The van der Waals surface area contributed by atoms with Gasteiger partial charge in [-0.2, -0.15) is 0 Å². The largest absolute Gasteiger partial charge is 0.378 e. The van der Waals surface area contributed by atoms with Crippen LogP contribution in [-0.4, -0.2) is 31.2 Å². The van der Waals surface area contributed by atoms with E-state index in [-0.39, 0.29) is 11.8 Å². The molecule has 4 nitrogen and oxygen atoms in total. The molecule has 1 aliphatic heterocycles. The molecule has 92 valence electrons. The highest BCUT2D eigenvalue weighted by Gasteiger charge is 2.38. The van der Waals surface area contributed by atoms with Crippen LogP contribution >= 0.6 is 0 Å². The normalized spacial score (nSPS) is 35.5. The molecule has 3 N–H and O–H groups in total. The average Bonchev–Trinajstić information content (AvgIpc) is 2.77. The van der Waals surface area contributed by atoms with Crippen molar-refractivity contribution in [1.29, 1.82) is 0 Å². The van der Waals surface area contributed by atoms with E-state index < -0.39 is 0 Å². The molecule has 4 unspecified atom stereocenters. The summed E-state index contributed by atoms with van der Waals surface area (Å²) in [6.07, 6.45) is 4.87. The molecule has 0 aromatic heterocycles. The number of carbonyl (C=O) groups is 1. The third-order valence-electron chi connectivity index (χ3n) is 3.91. The molecule has 0 spiro atoms. The average molecular weight is 226 g/mol. The zero-order chi connectivity index (χ0) is 11.5. The highest BCUT2D eigenvalue weighted by atomic mass is 16.5. The van der Waals surface area contributed by atoms with E-state index in [9.17, 15) is 4.79 Å². The number of nitrogens with two attached hydrogens (primary N) is 1. The van der Waals surface area contributed by atoms with Crippen LogP contribution in [0, 0.1) is 11.8 Å². The summed E-state index contributed by atoms with van der Waals surface area (Å²) < 4.78 is 5.68. The molecule has 1 heterocycles. The van der Waals surface area contributed by atoms with E-state index in [1.54, 1.807) is 0 Å². The van der Waals surface area contributed by atoms with Gasteiger partial charge >= 0.3 is 0 Å². The van der Waals surface area contributed by atoms with Crippen molar-refractivity contribution in [2.45, 2.75) is 44.8 Å². The lowest BCUT2D eigenvalue weighted by atomic mass is 9.81. The fourth-order valence-electron chi connectivity index (χ4n) is 2.79. The number of fused-ring (bicyclic) bond motifs is 1. The lowest BCUT2D eigenvalue weighted by Crippen LogP contribution is -2.48. The van der Waals surface area contributed by atoms with Crippen molar-refractivity contribution in [1.82, 2.24) is 5.32 Å². The van der Waals surface area contributed by atoms with Gasteiger partial charge in [0.05, 0.1) is 6.10 Å². The van der Waals surface area contributed by atoms with Gasteiger partial charge in [-0.1, -0.05) is 6.92 Å². The van der Waals surface area contributed by atoms with Crippen LogP contribution in [0.5, 0.6) is 0 Å². The van der Waals surface area contributed by atoms with Gasteiger partial charge in [0.15, 0.2) is 0 Å². The number of nitrogens with one attached hydrogen (secondary N) is 1. The topological polar surface area (TPSA) is 64.4 Å². The molecule has 16 heavy (non-hydrogen) atoms. The fourth-order valence-corrected chi connectivity index (χ4v) is 2.79. The first-order valence-corrected chi connectivity index (χ1v) is 6.34. The molecule has 2 rings (SSSR count). The first-order valence-electron chi connectivity index (χ1n) is 6.34. The molecule has 0 aromatic rings. The number of amides is 1. The van der Waals surface area contributed by atoms with Crippen LogP contribution in [0.25, 0.3) is 0 Å². The van der Waals surface area contributed by atoms with Crippen LogP contribution in [0.15, 0.2) is 0 Å². The Bertz CT molecular complexity index is 257. The van der Waals surface area contributed by atoms with Gasteiger partial charge in [0, 0.05) is 31.0 Å².